The number of aromatic nitrogens is 1. The molecule has 0 aliphatic rings. The first-order chi connectivity index (χ1) is 10.8. The molecule has 0 aliphatic carbocycles. The van der Waals surface area contributed by atoms with Crippen LogP contribution in [0.25, 0.3) is 11.3 Å². The van der Waals surface area contributed by atoms with Gasteiger partial charge in [-0.3, -0.25) is 10.1 Å². The van der Waals surface area contributed by atoms with Crippen molar-refractivity contribution in [1.29, 1.82) is 5.26 Å². The molecule has 0 fully saturated rings. The minimum absolute atomic E-state index is 0.238. The molecule has 3 aromatic rings. The second kappa shape index (κ2) is 6.20. The van der Waals surface area contributed by atoms with Crippen molar-refractivity contribution in [2.75, 3.05) is 5.32 Å². The third kappa shape index (κ3) is 3.03. The third-order valence-corrected chi connectivity index (χ3v) is 3.83. The summed E-state index contributed by atoms with van der Waals surface area (Å²) in [6.07, 6.45) is 0. The van der Waals surface area contributed by atoms with Crippen LogP contribution in [0.2, 0.25) is 0 Å². The van der Waals surface area contributed by atoms with Crippen molar-refractivity contribution in [2.45, 2.75) is 0 Å². The van der Waals surface area contributed by atoms with E-state index in [0.717, 1.165) is 11.3 Å². The Balaban J connectivity index is 1.74. The molecule has 22 heavy (non-hydrogen) atoms. The molecule has 0 atom stereocenters. The normalized spacial score (nSPS) is 9.95. The molecule has 5 heteroatoms. The molecule has 0 bridgehead atoms. The third-order valence-electron chi connectivity index (χ3n) is 3.07. The van der Waals surface area contributed by atoms with Crippen LogP contribution < -0.4 is 5.32 Å². The Morgan fingerprint density at radius 3 is 2.50 bits per heavy atom. The van der Waals surface area contributed by atoms with E-state index < -0.39 is 0 Å². The van der Waals surface area contributed by atoms with Crippen LogP contribution in [-0.4, -0.2) is 10.9 Å². The van der Waals surface area contributed by atoms with E-state index in [-0.39, 0.29) is 5.91 Å². The number of carbonyl (C=O) groups excluding carboxylic acids is 1. The predicted octanol–water partition coefficient (Wildman–Crippen LogP) is 3.93. The number of benzene rings is 2. The van der Waals surface area contributed by atoms with Gasteiger partial charge in [-0.05, 0) is 24.3 Å². The Morgan fingerprint density at radius 2 is 1.82 bits per heavy atom. The smallest absolute Gasteiger partial charge is 0.257 e. The van der Waals surface area contributed by atoms with Crippen molar-refractivity contribution in [3.8, 4) is 17.3 Å². The summed E-state index contributed by atoms with van der Waals surface area (Å²) < 4.78 is 0. The van der Waals surface area contributed by atoms with Crippen LogP contribution in [-0.2, 0) is 0 Å². The van der Waals surface area contributed by atoms with Crippen LogP contribution in [0.15, 0.2) is 60.0 Å². The fraction of sp³-hybridized carbons (Fsp3) is 0. The van der Waals surface area contributed by atoms with Gasteiger partial charge < -0.3 is 0 Å². The highest BCUT2D eigenvalue weighted by Gasteiger charge is 2.09. The van der Waals surface area contributed by atoms with Gasteiger partial charge in [0.05, 0.1) is 17.3 Å². The molecule has 1 aromatic heterocycles. The molecular formula is C17H11N3OS. The fourth-order valence-corrected chi connectivity index (χ4v) is 2.65. The Labute approximate surface area is 131 Å². The Morgan fingerprint density at radius 1 is 1.09 bits per heavy atom. The summed E-state index contributed by atoms with van der Waals surface area (Å²) in [4.78, 5) is 16.5. The molecule has 0 aliphatic heterocycles. The molecule has 1 heterocycles. The summed E-state index contributed by atoms with van der Waals surface area (Å²) in [6.45, 7) is 0. The number of nitrogens with one attached hydrogen (secondary N) is 1. The van der Waals surface area contributed by atoms with Crippen LogP contribution in [0, 0.1) is 11.3 Å². The number of anilines is 1. The highest BCUT2D eigenvalue weighted by Crippen LogP contribution is 2.24. The standard InChI is InChI=1S/C17H11N3OS/c18-10-12-6-8-14(9-7-12)16(21)20-17-19-15(11-22-17)13-4-2-1-3-5-13/h1-9,11H,(H,19,20,21). The Hall–Kier alpha value is -2.97. The molecule has 0 spiro atoms. The summed E-state index contributed by atoms with van der Waals surface area (Å²) >= 11 is 1.38. The van der Waals surface area contributed by atoms with E-state index in [1.807, 2.05) is 41.8 Å². The first-order valence-corrected chi connectivity index (χ1v) is 7.47. The lowest BCUT2D eigenvalue weighted by Crippen LogP contribution is -2.11. The van der Waals surface area contributed by atoms with Gasteiger partial charge in [-0.15, -0.1) is 11.3 Å². The van der Waals surface area contributed by atoms with Gasteiger partial charge in [0.1, 0.15) is 0 Å². The van der Waals surface area contributed by atoms with Crippen LogP contribution in [0.1, 0.15) is 15.9 Å². The topological polar surface area (TPSA) is 65.8 Å². The van der Waals surface area contributed by atoms with Gasteiger partial charge in [-0.25, -0.2) is 4.98 Å². The predicted molar refractivity (Wildman–Crippen MR) is 86.7 cm³/mol. The zero-order valence-corrected chi connectivity index (χ0v) is 12.3. The molecule has 1 N–H and O–H groups in total. The number of nitrogens with zero attached hydrogens (tertiary/aromatic N) is 2. The Kier molecular flexibility index (Phi) is 3.95. The van der Waals surface area contributed by atoms with Crippen molar-refractivity contribution in [3.63, 3.8) is 0 Å². The average molecular weight is 305 g/mol. The lowest BCUT2D eigenvalue weighted by Gasteiger charge is -2.01. The highest BCUT2D eigenvalue weighted by atomic mass is 32.1. The van der Waals surface area contributed by atoms with Gasteiger partial charge in [-0.1, -0.05) is 30.3 Å². The molecule has 106 valence electrons. The molecule has 0 saturated heterocycles. The lowest BCUT2D eigenvalue weighted by atomic mass is 10.1. The number of hydrogen-bond acceptors (Lipinski definition) is 4. The molecule has 0 saturated carbocycles. The number of carbonyl (C=O) groups is 1. The zero-order valence-electron chi connectivity index (χ0n) is 11.5. The molecule has 0 radical (unpaired) electrons. The monoisotopic (exact) mass is 305 g/mol. The van der Waals surface area contributed by atoms with Crippen LogP contribution in [0.4, 0.5) is 5.13 Å². The van der Waals surface area contributed by atoms with Gasteiger partial charge in [0.2, 0.25) is 0 Å². The summed E-state index contributed by atoms with van der Waals surface area (Å²) in [7, 11) is 0. The van der Waals surface area contributed by atoms with E-state index in [1.165, 1.54) is 11.3 Å². The van der Waals surface area contributed by atoms with Crippen molar-refractivity contribution in [1.82, 2.24) is 4.98 Å². The first-order valence-electron chi connectivity index (χ1n) is 6.59. The van der Waals surface area contributed by atoms with Crippen molar-refractivity contribution in [3.05, 3.63) is 71.1 Å². The summed E-state index contributed by atoms with van der Waals surface area (Å²) in [6, 6.07) is 18.3. The van der Waals surface area contributed by atoms with Crippen LogP contribution in [0.5, 0.6) is 0 Å². The van der Waals surface area contributed by atoms with Gasteiger partial charge in [0.25, 0.3) is 5.91 Å². The minimum Gasteiger partial charge on any atom is -0.298 e. The number of thiazole rings is 1. The number of amides is 1. The van der Waals surface area contributed by atoms with Crippen molar-refractivity contribution >= 4 is 22.4 Å². The van der Waals surface area contributed by atoms with Gasteiger partial charge >= 0.3 is 0 Å². The summed E-state index contributed by atoms with van der Waals surface area (Å²) in [5, 5.41) is 14.0. The van der Waals surface area contributed by atoms with Gasteiger partial charge in [-0.2, -0.15) is 5.26 Å². The second-order valence-corrected chi connectivity index (χ2v) is 5.41. The maximum Gasteiger partial charge on any atom is 0.257 e. The quantitative estimate of drug-likeness (QED) is 0.797. The maximum atomic E-state index is 12.1. The van der Waals surface area contributed by atoms with E-state index in [1.54, 1.807) is 24.3 Å². The number of nitriles is 1. The zero-order chi connectivity index (χ0) is 15.4. The van der Waals surface area contributed by atoms with Crippen LogP contribution >= 0.6 is 11.3 Å². The second-order valence-electron chi connectivity index (χ2n) is 4.55. The van der Waals surface area contributed by atoms with Gasteiger partial charge in [0.15, 0.2) is 5.13 Å². The van der Waals surface area contributed by atoms with E-state index >= 15 is 0 Å². The van der Waals surface area contributed by atoms with Gasteiger partial charge in [0, 0.05) is 16.5 Å². The molecule has 1 amide bonds. The summed E-state index contributed by atoms with van der Waals surface area (Å²) in [5.74, 6) is -0.238. The van der Waals surface area contributed by atoms with E-state index in [0.29, 0.717) is 16.3 Å². The van der Waals surface area contributed by atoms with E-state index in [9.17, 15) is 4.79 Å². The lowest BCUT2D eigenvalue weighted by molar-refractivity contribution is 0.102. The highest BCUT2D eigenvalue weighted by molar-refractivity contribution is 7.14. The van der Waals surface area contributed by atoms with E-state index in [2.05, 4.69) is 10.3 Å². The first kappa shape index (κ1) is 14.0. The summed E-state index contributed by atoms with van der Waals surface area (Å²) in [5.41, 5.74) is 2.87. The molecule has 2 aromatic carbocycles. The van der Waals surface area contributed by atoms with E-state index in [4.69, 9.17) is 5.26 Å². The average Bonchev–Trinajstić information content (AvgIpc) is 3.04. The SMILES string of the molecule is N#Cc1ccc(C(=O)Nc2nc(-c3ccccc3)cs2)cc1. The molecule has 0 unspecified atom stereocenters. The molecular weight excluding hydrogens is 294 g/mol. The Bertz CT molecular complexity index is 832. The molecule has 3 rings (SSSR count). The largest absolute Gasteiger partial charge is 0.298 e. The minimum atomic E-state index is -0.238. The van der Waals surface area contributed by atoms with Crippen molar-refractivity contribution in [2.24, 2.45) is 0 Å². The number of rotatable bonds is 3. The fourth-order valence-electron chi connectivity index (χ4n) is 1.94. The van der Waals surface area contributed by atoms with Crippen LogP contribution in [0.3, 0.4) is 0 Å². The maximum absolute atomic E-state index is 12.1. The number of hydrogen-bond donors (Lipinski definition) is 1. The van der Waals surface area contributed by atoms with Crippen molar-refractivity contribution < 1.29 is 4.79 Å². The molecule has 4 nitrogen and oxygen atoms in total.